The third kappa shape index (κ3) is 8.48. The number of aryl methyl sites for hydroxylation is 2. The van der Waals surface area contributed by atoms with E-state index in [1.165, 1.54) is 11.3 Å². The summed E-state index contributed by atoms with van der Waals surface area (Å²) in [5.41, 5.74) is 2.79. The van der Waals surface area contributed by atoms with Crippen molar-refractivity contribution in [2.24, 2.45) is 5.92 Å². The standard InChI is InChI=1S/C28H31F3N2O5S/c1-18-8-10-21(11-9-18)26-32-24(19(2)37-26)17-36-22-6-3-5-20(13-22)14-33(15-23-7-4-12-39-23)16-25(34)38-27(35)28(29,30)31/h4,7-12,20,22H,3,5-6,13-17H2,1-2H3. The second kappa shape index (κ2) is 12.9. The molecule has 0 radical (unpaired) electrons. The zero-order chi connectivity index (χ0) is 28.0. The van der Waals surface area contributed by atoms with Crippen molar-refractivity contribution in [1.82, 2.24) is 9.88 Å². The number of aromatic nitrogens is 1. The smallest absolute Gasteiger partial charge is 0.441 e. The van der Waals surface area contributed by atoms with E-state index >= 15 is 0 Å². The first-order chi connectivity index (χ1) is 18.6. The summed E-state index contributed by atoms with van der Waals surface area (Å²) in [7, 11) is 0. The number of benzene rings is 1. The molecule has 2 atom stereocenters. The van der Waals surface area contributed by atoms with E-state index in [0.717, 1.165) is 47.4 Å². The number of ether oxygens (including phenoxy) is 2. The molecule has 0 spiro atoms. The normalized spacial score (nSPS) is 17.9. The molecule has 0 bridgehead atoms. The number of oxazole rings is 1. The molecule has 2 heterocycles. The SMILES string of the molecule is Cc1ccc(-c2nc(COC3CCCC(CN(CC(=O)OC(=O)C(F)(F)F)Cc4cccs4)C3)c(C)o2)cc1. The molecule has 1 fully saturated rings. The molecule has 4 rings (SSSR count). The van der Waals surface area contributed by atoms with Crippen LogP contribution >= 0.6 is 11.3 Å². The van der Waals surface area contributed by atoms with Gasteiger partial charge in [0.25, 0.3) is 0 Å². The van der Waals surface area contributed by atoms with Gasteiger partial charge in [-0.25, -0.2) is 9.78 Å². The van der Waals surface area contributed by atoms with Gasteiger partial charge in [0.15, 0.2) is 0 Å². The summed E-state index contributed by atoms with van der Waals surface area (Å²) in [5.74, 6) is -2.30. The fourth-order valence-electron chi connectivity index (χ4n) is 4.69. The Kier molecular flexibility index (Phi) is 9.58. The van der Waals surface area contributed by atoms with Crippen molar-refractivity contribution >= 4 is 23.3 Å². The minimum atomic E-state index is -5.22. The van der Waals surface area contributed by atoms with Gasteiger partial charge in [-0.3, -0.25) is 9.69 Å². The van der Waals surface area contributed by atoms with Gasteiger partial charge in [-0.05, 0) is 62.6 Å². The van der Waals surface area contributed by atoms with Crippen LogP contribution in [0.15, 0.2) is 46.2 Å². The molecule has 7 nitrogen and oxygen atoms in total. The number of thiophene rings is 1. The Morgan fingerprint density at radius 3 is 2.62 bits per heavy atom. The predicted molar refractivity (Wildman–Crippen MR) is 139 cm³/mol. The lowest BCUT2D eigenvalue weighted by Gasteiger charge is -2.32. The van der Waals surface area contributed by atoms with Crippen LogP contribution in [0.1, 0.15) is 47.6 Å². The van der Waals surface area contributed by atoms with E-state index in [9.17, 15) is 22.8 Å². The van der Waals surface area contributed by atoms with Crippen molar-refractivity contribution in [2.45, 2.75) is 65.0 Å². The molecule has 210 valence electrons. The monoisotopic (exact) mass is 564 g/mol. The van der Waals surface area contributed by atoms with E-state index in [-0.39, 0.29) is 12.0 Å². The molecular formula is C28H31F3N2O5S. The molecule has 0 saturated heterocycles. The molecule has 39 heavy (non-hydrogen) atoms. The average molecular weight is 565 g/mol. The van der Waals surface area contributed by atoms with Crippen LogP contribution in [0, 0.1) is 19.8 Å². The van der Waals surface area contributed by atoms with E-state index in [2.05, 4.69) is 9.72 Å². The molecule has 0 N–H and O–H groups in total. The number of carbonyl (C=O) groups excluding carboxylic acids is 2. The Bertz CT molecular complexity index is 1240. The molecule has 11 heteroatoms. The van der Waals surface area contributed by atoms with Crippen LogP contribution in [0.4, 0.5) is 13.2 Å². The first kappa shape index (κ1) is 29.0. The molecule has 1 aromatic carbocycles. The summed E-state index contributed by atoms with van der Waals surface area (Å²) in [5, 5.41) is 1.89. The van der Waals surface area contributed by atoms with Gasteiger partial charge in [-0.2, -0.15) is 13.2 Å². The topological polar surface area (TPSA) is 81.9 Å². The highest BCUT2D eigenvalue weighted by atomic mass is 32.1. The van der Waals surface area contributed by atoms with Gasteiger partial charge in [-0.1, -0.05) is 30.2 Å². The fraction of sp³-hybridized carbons (Fsp3) is 0.464. The minimum Gasteiger partial charge on any atom is -0.441 e. The maximum absolute atomic E-state index is 12.5. The molecule has 0 amide bonds. The molecule has 3 aromatic rings. The average Bonchev–Trinajstić information content (AvgIpc) is 3.52. The molecule has 1 saturated carbocycles. The number of esters is 2. The van der Waals surface area contributed by atoms with Crippen molar-refractivity contribution in [2.75, 3.05) is 13.1 Å². The third-order valence-corrected chi connectivity index (χ3v) is 7.51. The predicted octanol–water partition coefficient (Wildman–Crippen LogP) is 6.23. The number of hydrogen-bond donors (Lipinski definition) is 0. The Labute approximate surface area is 228 Å². The number of hydrogen-bond acceptors (Lipinski definition) is 8. The van der Waals surface area contributed by atoms with Gasteiger partial charge in [-0.15, -0.1) is 11.3 Å². The van der Waals surface area contributed by atoms with Gasteiger partial charge < -0.3 is 13.9 Å². The van der Waals surface area contributed by atoms with E-state index in [0.29, 0.717) is 31.3 Å². The number of nitrogens with zero attached hydrogens (tertiary/aromatic N) is 2. The lowest BCUT2D eigenvalue weighted by Crippen LogP contribution is -2.39. The first-order valence-corrected chi connectivity index (χ1v) is 13.7. The van der Waals surface area contributed by atoms with E-state index in [1.54, 1.807) is 4.90 Å². The van der Waals surface area contributed by atoms with Gasteiger partial charge in [0.05, 0.1) is 19.3 Å². The van der Waals surface area contributed by atoms with Crippen LogP contribution in [0.3, 0.4) is 0 Å². The van der Waals surface area contributed by atoms with Crippen molar-refractivity contribution in [3.8, 4) is 11.5 Å². The van der Waals surface area contributed by atoms with Crippen molar-refractivity contribution in [3.05, 3.63) is 63.7 Å². The van der Waals surface area contributed by atoms with E-state index in [4.69, 9.17) is 9.15 Å². The maximum atomic E-state index is 12.5. The zero-order valence-electron chi connectivity index (χ0n) is 21.8. The van der Waals surface area contributed by atoms with Crippen LogP contribution in [0.25, 0.3) is 11.5 Å². The zero-order valence-corrected chi connectivity index (χ0v) is 22.6. The van der Waals surface area contributed by atoms with Gasteiger partial charge in [0, 0.05) is 23.5 Å². The second-order valence-corrected chi connectivity index (χ2v) is 10.9. The highest BCUT2D eigenvalue weighted by Crippen LogP contribution is 2.30. The number of rotatable bonds is 10. The highest BCUT2D eigenvalue weighted by Gasteiger charge is 2.42. The molecule has 0 aliphatic heterocycles. The summed E-state index contributed by atoms with van der Waals surface area (Å²) in [6.07, 6.45) is -1.80. The summed E-state index contributed by atoms with van der Waals surface area (Å²) >= 11 is 1.49. The van der Waals surface area contributed by atoms with Gasteiger partial charge >= 0.3 is 18.1 Å². The first-order valence-electron chi connectivity index (χ1n) is 12.8. The third-order valence-electron chi connectivity index (χ3n) is 6.65. The van der Waals surface area contributed by atoms with Crippen LogP contribution in [0.2, 0.25) is 0 Å². The second-order valence-electron chi connectivity index (χ2n) is 9.86. The Hall–Kier alpha value is -3.02. The molecule has 2 aromatic heterocycles. The van der Waals surface area contributed by atoms with E-state index < -0.39 is 24.7 Å². The quantitative estimate of drug-likeness (QED) is 0.213. The molecule has 1 aliphatic rings. The van der Waals surface area contributed by atoms with Crippen molar-refractivity contribution < 1.29 is 36.7 Å². The largest absolute Gasteiger partial charge is 0.491 e. The Balaban J connectivity index is 1.33. The minimum absolute atomic E-state index is 0.0231. The number of alkyl halides is 3. The Morgan fingerprint density at radius 2 is 1.92 bits per heavy atom. The van der Waals surface area contributed by atoms with Gasteiger partial charge in [0.1, 0.15) is 11.5 Å². The van der Waals surface area contributed by atoms with Crippen LogP contribution in [0.5, 0.6) is 0 Å². The van der Waals surface area contributed by atoms with Crippen LogP contribution < -0.4 is 0 Å². The van der Waals surface area contributed by atoms with Crippen LogP contribution in [-0.4, -0.2) is 47.2 Å². The van der Waals surface area contributed by atoms with Crippen molar-refractivity contribution in [1.29, 1.82) is 0 Å². The summed E-state index contributed by atoms with van der Waals surface area (Å²) in [6.45, 7) is 4.61. The highest BCUT2D eigenvalue weighted by molar-refractivity contribution is 7.09. The summed E-state index contributed by atoms with van der Waals surface area (Å²) in [6, 6.07) is 11.7. The van der Waals surface area contributed by atoms with Gasteiger partial charge in [0.2, 0.25) is 5.89 Å². The molecule has 1 aliphatic carbocycles. The lowest BCUT2D eigenvalue weighted by molar-refractivity contribution is -0.202. The molecule has 2 unspecified atom stereocenters. The van der Waals surface area contributed by atoms with E-state index in [1.807, 2.05) is 55.6 Å². The maximum Gasteiger partial charge on any atom is 0.491 e. The lowest BCUT2D eigenvalue weighted by atomic mass is 9.86. The Morgan fingerprint density at radius 1 is 1.15 bits per heavy atom. The van der Waals surface area contributed by atoms with Crippen LogP contribution in [-0.2, 0) is 32.2 Å². The fourth-order valence-corrected chi connectivity index (χ4v) is 5.43. The summed E-state index contributed by atoms with van der Waals surface area (Å²) < 4.78 is 53.7. The number of carbonyl (C=O) groups is 2. The summed E-state index contributed by atoms with van der Waals surface area (Å²) in [4.78, 5) is 30.6. The van der Waals surface area contributed by atoms with Crippen molar-refractivity contribution in [3.63, 3.8) is 0 Å². The molecular weight excluding hydrogens is 533 g/mol. The number of halogens is 3.